The van der Waals surface area contributed by atoms with Crippen LogP contribution in [-0.4, -0.2) is 53.0 Å². The summed E-state index contributed by atoms with van der Waals surface area (Å²) in [6.45, 7) is 3.85. The number of benzene rings is 2. The number of sulfonamides is 1. The van der Waals surface area contributed by atoms with Crippen molar-refractivity contribution in [3.8, 4) is 5.75 Å². The minimum Gasteiger partial charge on any atom is -0.497 e. The molecule has 8 heteroatoms. The van der Waals surface area contributed by atoms with Gasteiger partial charge >= 0.3 is 0 Å². The van der Waals surface area contributed by atoms with E-state index in [-0.39, 0.29) is 22.9 Å². The maximum atomic E-state index is 12.7. The van der Waals surface area contributed by atoms with Gasteiger partial charge in [0.1, 0.15) is 5.75 Å². The predicted molar refractivity (Wildman–Crippen MR) is 114 cm³/mol. The highest BCUT2D eigenvalue weighted by molar-refractivity contribution is 7.89. The molecular weight excluding hydrogens is 390 g/mol. The molecule has 2 aromatic carbocycles. The molecule has 7 nitrogen and oxygen atoms in total. The van der Waals surface area contributed by atoms with E-state index in [2.05, 4.69) is 10.0 Å². The standard InChI is InChI=1S/C21H29N3O4S/c1-15(2)23-29(26,27)19-11-7-9-17(13-19)21(25)22-14-20(24(3)4)16-8-6-10-18(12-16)28-5/h6-13,15,20,23H,14H2,1-5H3,(H,22,25)/t20-/m0/s1. The van der Waals surface area contributed by atoms with Gasteiger partial charge in [0.25, 0.3) is 5.91 Å². The van der Waals surface area contributed by atoms with Gasteiger partial charge in [0.05, 0.1) is 18.0 Å². The van der Waals surface area contributed by atoms with Gasteiger partial charge in [-0.25, -0.2) is 13.1 Å². The first kappa shape index (κ1) is 22.9. The molecule has 0 saturated heterocycles. The van der Waals surface area contributed by atoms with Gasteiger partial charge in [-0.15, -0.1) is 0 Å². The van der Waals surface area contributed by atoms with E-state index < -0.39 is 10.0 Å². The van der Waals surface area contributed by atoms with Crippen molar-refractivity contribution in [2.45, 2.75) is 30.8 Å². The van der Waals surface area contributed by atoms with Crippen molar-refractivity contribution in [3.63, 3.8) is 0 Å². The third-order valence-corrected chi connectivity index (χ3v) is 6.01. The number of nitrogens with one attached hydrogen (secondary N) is 2. The average Bonchev–Trinajstić information content (AvgIpc) is 2.67. The third kappa shape index (κ3) is 6.28. The van der Waals surface area contributed by atoms with Crippen LogP contribution in [0.5, 0.6) is 5.75 Å². The molecule has 0 bridgehead atoms. The Morgan fingerprint density at radius 2 is 1.79 bits per heavy atom. The number of carbonyl (C=O) groups is 1. The maximum Gasteiger partial charge on any atom is 0.251 e. The summed E-state index contributed by atoms with van der Waals surface area (Å²) in [4.78, 5) is 14.7. The van der Waals surface area contributed by atoms with Gasteiger partial charge in [0.15, 0.2) is 0 Å². The Bertz CT molecular complexity index is 942. The quantitative estimate of drug-likeness (QED) is 0.652. The summed E-state index contributed by atoms with van der Waals surface area (Å²) in [5.41, 5.74) is 1.30. The van der Waals surface area contributed by atoms with Gasteiger partial charge in [-0.05, 0) is 63.8 Å². The zero-order chi connectivity index (χ0) is 21.6. The molecule has 0 aliphatic heterocycles. The minimum absolute atomic E-state index is 0.0656. The van der Waals surface area contributed by atoms with Crippen molar-refractivity contribution in [3.05, 3.63) is 59.7 Å². The summed E-state index contributed by atoms with van der Waals surface area (Å²) in [5.74, 6) is 0.414. The lowest BCUT2D eigenvalue weighted by Gasteiger charge is -2.25. The molecule has 0 fully saturated rings. The van der Waals surface area contributed by atoms with Crippen LogP contribution in [0.25, 0.3) is 0 Å². The molecule has 29 heavy (non-hydrogen) atoms. The second kappa shape index (κ2) is 9.87. The van der Waals surface area contributed by atoms with Crippen LogP contribution < -0.4 is 14.8 Å². The zero-order valence-corrected chi connectivity index (χ0v) is 18.3. The largest absolute Gasteiger partial charge is 0.497 e. The highest BCUT2D eigenvalue weighted by Gasteiger charge is 2.19. The van der Waals surface area contributed by atoms with Gasteiger partial charge < -0.3 is 15.0 Å². The van der Waals surface area contributed by atoms with Gasteiger partial charge in [0, 0.05) is 18.2 Å². The molecule has 0 unspecified atom stereocenters. The summed E-state index contributed by atoms with van der Waals surface area (Å²) in [6.07, 6.45) is 0. The minimum atomic E-state index is -3.66. The molecule has 0 heterocycles. The fourth-order valence-electron chi connectivity index (χ4n) is 2.92. The maximum absolute atomic E-state index is 12.7. The molecule has 158 valence electrons. The molecule has 2 rings (SSSR count). The van der Waals surface area contributed by atoms with Crippen LogP contribution in [0.4, 0.5) is 0 Å². The highest BCUT2D eigenvalue weighted by Crippen LogP contribution is 2.22. The number of hydrogen-bond acceptors (Lipinski definition) is 5. The van der Waals surface area contributed by atoms with Gasteiger partial charge in [-0.1, -0.05) is 18.2 Å². The number of rotatable bonds is 9. The summed E-state index contributed by atoms with van der Waals surface area (Å²) in [5, 5.41) is 2.90. The van der Waals surface area contributed by atoms with Crippen molar-refractivity contribution in [2.24, 2.45) is 0 Å². The molecule has 0 radical (unpaired) electrons. The number of amides is 1. The topological polar surface area (TPSA) is 87.7 Å². The Kier molecular flexibility index (Phi) is 7.78. The average molecular weight is 420 g/mol. The van der Waals surface area contributed by atoms with Crippen LogP contribution in [0.1, 0.15) is 35.8 Å². The molecule has 0 aliphatic carbocycles. The van der Waals surface area contributed by atoms with E-state index in [9.17, 15) is 13.2 Å². The molecule has 2 aromatic rings. The number of carbonyl (C=O) groups excluding carboxylic acids is 1. The van der Waals surface area contributed by atoms with Gasteiger partial charge in [-0.2, -0.15) is 0 Å². The Balaban J connectivity index is 2.16. The second-order valence-corrected chi connectivity index (χ2v) is 8.98. The molecule has 0 saturated carbocycles. The lowest BCUT2D eigenvalue weighted by Crippen LogP contribution is -2.35. The van der Waals surface area contributed by atoms with Crippen LogP contribution in [-0.2, 0) is 10.0 Å². The lowest BCUT2D eigenvalue weighted by atomic mass is 10.1. The Morgan fingerprint density at radius 1 is 1.10 bits per heavy atom. The fourth-order valence-corrected chi connectivity index (χ4v) is 4.22. The second-order valence-electron chi connectivity index (χ2n) is 7.27. The number of nitrogens with zero attached hydrogens (tertiary/aromatic N) is 1. The normalized spacial score (nSPS) is 12.8. The smallest absolute Gasteiger partial charge is 0.251 e. The number of hydrogen-bond donors (Lipinski definition) is 2. The van der Waals surface area contributed by atoms with Crippen LogP contribution >= 0.6 is 0 Å². The molecule has 0 aliphatic rings. The third-order valence-electron chi connectivity index (χ3n) is 4.36. The monoisotopic (exact) mass is 419 g/mol. The number of likely N-dealkylation sites (N-methyl/N-ethyl adjacent to an activating group) is 1. The lowest BCUT2D eigenvalue weighted by molar-refractivity contribution is 0.0941. The predicted octanol–water partition coefficient (Wildman–Crippen LogP) is 2.41. The van der Waals surface area contributed by atoms with Gasteiger partial charge in [-0.3, -0.25) is 4.79 Å². The molecule has 0 aromatic heterocycles. The van der Waals surface area contributed by atoms with Crippen molar-refractivity contribution in [2.75, 3.05) is 27.7 Å². The van der Waals surface area contributed by atoms with E-state index in [0.717, 1.165) is 11.3 Å². The summed E-state index contributed by atoms with van der Waals surface area (Å²) in [7, 11) is 1.81. The van der Waals surface area contributed by atoms with E-state index >= 15 is 0 Å². The Morgan fingerprint density at radius 3 is 2.41 bits per heavy atom. The van der Waals surface area contributed by atoms with E-state index in [1.807, 2.05) is 43.3 Å². The molecule has 1 atom stereocenters. The summed E-state index contributed by atoms with van der Waals surface area (Å²) < 4.78 is 32.5. The van der Waals surface area contributed by atoms with E-state index in [4.69, 9.17) is 4.74 Å². The molecule has 0 spiro atoms. The van der Waals surface area contributed by atoms with Crippen LogP contribution in [0.3, 0.4) is 0 Å². The van der Waals surface area contributed by atoms with Crippen molar-refractivity contribution >= 4 is 15.9 Å². The van der Waals surface area contributed by atoms with Crippen LogP contribution in [0.2, 0.25) is 0 Å². The van der Waals surface area contributed by atoms with Crippen molar-refractivity contribution in [1.82, 2.24) is 14.9 Å². The SMILES string of the molecule is COc1cccc([C@H](CNC(=O)c2cccc(S(=O)(=O)NC(C)C)c2)N(C)C)c1. The first-order valence-corrected chi connectivity index (χ1v) is 10.8. The number of ether oxygens (including phenoxy) is 1. The van der Waals surface area contributed by atoms with Crippen molar-refractivity contribution < 1.29 is 17.9 Å². The number of methoxy groups -OCH3 is 1. The molecule has 2 N–H and O–H groups in total. The summed E-state index contributed by atoms with van der Waals surface area (Å²) >= 11 is 0. The summed E-state index contributed by atoms with van der Waals surface area (Å²) in [6, 6.07) is 13.4. The highest BCUT2D eigenvalue weighted by atomic mass is 32.2. The van der Waals surface area contributed by atoms with Crippen LogP contribution in [0, 0.1) is 0 Å². The molecule has 1 amide bonds. The van der Waals surface area contributed by atoms with Crippen molar-refractivity contribution in [1.29, 1.82) is 0 Å². The van der Waals surface area contributed by atoms with E-state index in [0.29, 0.717) is 12.1 Å². The Labute approximate surface area is 173 Å². The van der Waals surface area contributed by atoms with E-state index in [1.165, 1.54) is 12.1 Å². The zero-order valence-electron chi connectivity index (χ0n) is 17.5. The fraction of sp³-hybridized carbons (Fsp3) is 0.381. The Hall–Kier alpha value is -2.42. The van der Waals surface area contributed by atoms with Crippen LogP contribution in [0.15, 0.2) is 53.4 Å². The van der Waals surface area contributed by atoms with E-state index in [1.54, 1.807) is 33.1 Å². The first-order valence-electron chi connectivity index (χ1n) is 9.35. The van der Waals surface area contributed by atoms with Gasteiger partial charge in [0.2, 0.25) is 10.0 Å². The first-order chi connectivity index (χ1) is 13.6. The molecular formula is C21H29N3O4S.